The molecule has 23 heavy (non-hydrogen) atoms. The van der Waals surface area contributed by atoms with Crippen LogP contribution in [0.4, 0.5) is 19.1 Å². The first-order chi connectivity index (χ1) is 10.8. The molecular weight excluding hydrogens is 311 g/mol. The van der Waals surface area contributed by atoms with Crippen molar-refractivity contribution >= 4 is 5.95 Å². The van der Waals surface area contributed by atoms with Crippen molar-refractivity contribution in [2.45, 2.75) is 19.5 Å². The number of nitriles is 1. The van der Waals surface area contributed by atoms with E-state index in [9.17, 15) is 18.3 Å². The van der Waals surface area contributed by atoms with Crippen LogP contribution in [-0.4, -0.2) is 26.8 Å². The second kappa shape index (κ2) is 6.48. The Bertz CT molecular complexity index is 755. The number of phenolic OH excluding ortho intramolecular Hbond substituents is 1. The van der Waals surface area contributed by atoms with Crippen LogP contribution >= 0.6 is 0 Å². The van der Waals surface area contributed by atoms with Crippen LogP contribution in [0.2, 0.25) is 0 Å². The van der Waals surface area contributed by atoms with Gasteiger partial charge in [0.1, 0.15) is 11.4 Å². The number of halogens is 3. The maximum atomic E-state index is 12.6. The molecule has 1 aromatic carbocycles. The van der Waals surface area contributed by atoms with E-state index in [0.29, 0.717) is 18.3 Å². The Labute approximate surface area is 129 Å². The SMILES string of the molecule is Cc1nc(NCCC#N)nnc1-c1ccc(C(F)(F)F)cc1O. The van der Waals surface area contributed by atoms with Gasteiger partial charge in [-0.3, -0.25) is 0 Å². The summed E-state index contributed by atoms with van der Waals surface area (Å²) in [6, 6.07) is 4.57. The molecule has 0 radical (unpaired) electrons. The van der Waals surface area contributed by atoms with Gasteiger partial charge in [-0.25, -0.2) is 4.98 Å². The molecule has 0 aliphatic rings. The number of phenols is 1. The molecule has 0 aliphatic heterocycles. The quantitative estimate of drug-likeness (QED) is 0.840. The van der Waals surface area contributed by atoms with Crippen molar-refractivity contribution < 1.29 is 18.3 Å². The van der Waals surface area contributed by atoms with Gasteiger partial charge in [0.15, 0.2) is 0 Å². The number of anilines is 1. The molecule has 0 fully saturated rings. The molecule has 2 N–H and O–H groups in total. The lowest BCUT2D eigenvalue weighted by Gasteiger charge is -2.11. The predicted molar refractivity (Wildman–Crippen MR) is 75.4 cm³/mol. The van der Waals surface area contributed by atoms with Gasteiger partial charge in [0.25, 0.3) is 0 Å². The van der Waals surface area contributed by atoms with E-state index in [2.05, 4.69) is 20.5 Å². The number of hydrogen-bond acceptors (Lipinski definition) is 6. The fraction of sp³-hybridized carbons (Fsp3) is 0.286. The van der Waals surface area contributed by atoms with E-state index in [1.54, 1.807) is 6.92 Å². The minimum absolute atomic E-state index is 0.110. The van der Waals surface area contributed by atoms with E-state index in [1.165, 1.54) is 0 Å². The summed E-state index contributed by atoms with van der Waals surface area (Å²) in [5, 5.41) is 28.7. The number of aryl methyl sites for hydroxylation is 1. The summed E-state index contributed by atoms with van der Waals surface area (Å²) >= 11 is 0. The predicted octanol–water partition coefficient (Wildman–Crippen LogP) is 2.90. The lowest BCUT2D eigenvalue weighted by Crippen LogP contribution is -2.08. The van der Waals surface area contributed by atoms with E-state index in [-0.39, 0.29) is 23.6 Å². The fourth-order valence-corrected chi connectivity index (χ4v) is 1.87. The monoisotopic (exact) mass is 323 g/mol. The Morgan fingerprint density at radius 2 is 2.04 bits per heavy atom. The van der Waals surface area contributed by atoms with Crippen LogP contribution in [-0.2, 0) is 6.18 Å². The van der Waals surface area contributed by atoms with Crippen molar-refractivity contribution in [1.29, 1.82) is 5.26 Å². The fourth-order valence-electron chi connectivity index (χ4n) is 1.87. The molecule has 1 heterocycles. The Hall–Kier alpha value is -2.89. The van der Waals surface area contributed by atoms with Gasteiger partial charge in [0.05, 0.1) is 23.7 Å². The first-order valence-corrected chi connectivity index (χ1v) is 6.55. The summed E-state index contributed by atoms with van der Waals surface area (Å²) in [5.74, 6) is -0.350. The van der Waals surface area contributed by atoms with Crippen molar-refractivity contribution in [3.63, 3.8) is 0 Å². The minimum atomic E-state index is -4.54. The minimum Gasteiger partial charge on any atom is -0.507 e. The smallest absolute Gasteiger partial charge is 0.416 e. The van der Waals surface area contributed by atoms with Crippen LogP contribution in [0.5, 0.6) is 5.75 Å². The third-order valence-corrected chi connectivity index (χ3v) is 2.96. The van der Waals surface area contributed by atoms with Crippen LogP contribution < -0.4 is 5.32 Å². The normalized spacial score (nSPS) is 11.1. The lowest BCUT2D eigenvalue weighted by atomic mass is 10.1. The summed E-state index contributed by atoms with van der Waals surface area (Å²) in [5.41, 5.74) is -0.275. The molecule has 0 spiro atoms. The number of benzene rings is 1. The highest BCUT2D eigenvalue weighted by molar-refractivity contribution is 5.69. The lowest BCUT2D eigenvalue weighted by molar-refractivity contribution is -0.137. The number of rotatable bonds is 4. The van der Waals surface area contributed by atoms with E-state index in [0.717, 1.165) is 12.1 Å². The van der Waals surface area contributed by atoms with Gasteiger partial charge in [0.2, 0.25) is 5.95 Å². The van der Waals surface area contributed by atoms with Gasteiger partial charge in [-0.1, -0.05) is 0 Å². The Kier molecular flexibility index (Phi) is 4.64. The zero-order valence-electron chi connectivity index (χ0n) is 12.0. The van der Waals surface area contributed by atoms with Gasteiger partial charge in [-0.15, -0.1) is 10.2 Å². The van der Waals surface area contributed by atoms with Crippen molar-refractivity contribution in [2.75, 3.05) is 11.9 Å². The largest absolute Gasteiger partial charge is 0.507 e. The number of nitrogens with zero attached hydrogens (tertiary/aromatic N) is 4. The summed E-state index contributed by atoms with van der Waals surface area (Å²) < 4.78 is 37.8. The van der Waals surface area contributed by atoms with Crippen molar-refractivity contribution in [1.82, 2.24) is 15.2 Å². The molecule has 6 nitrogen and oxygen atoms in total. The van der Waals surface area contributed by atoms with E-state index in [4.69, 9.17) is 5.26 Å². The summed E-state index contributed by atoms with van der Waals surface area (Å²) in [6.45, 7) is 1.94. The maximum Gasteiger partial charge on any atom is 0.416 e. The Balaban J connectivity index is 2.30. The Morgan fingerprint density at radius 3 is 2.61 bits per heavy atom. The molecule has 2 rings (SSSR count). The van der Waals surface area contributed by atoms with Crippen LogP contribution in [0.25, 0.3) is 11.3 Å². The van der Waals surface area contributed by atoms with Gasteiger partial charge in [-0.2, -0.15) is 18.4 Å². The van der Waals surface area contributed by atoms with E-state index >= 15 is 0 Å². The van der Waals surface area contributed by atoms with Crippen LogP contribution in [0, 0.1) is 18.3 Å². The van der Waals surface area contributed by atoms with Crippen LogP contribution in [0.1, 0.15) is 17.7 Å². The highest BCUT2D eigenvalue weighted by Gasteiger charge is 2.31. The molecular formula is C14H12F3N5O. The number of hydrogen-bond donors (Lipinski definition) is 2. The van der Waals surface area contributed by atoms with Crippen molar-refractivity contribution in [2.24, 2.45) is 0 Å². The van der Waals surface area contributed by atoms with Gasteiger partial charge in [0, 0.05) is 12.1 Å². The van der Waals surface area contributed by atoms with Crippen molar-refractivity contribution in [3.8, 4) is 23.1 Å². The highest BCUT2D eigenvalue weighted by atomic mass is 19.4. The molecule has 0 saturated carbocycles. The van der Waals surface area contributed by atoms with Crippen molar-refractivity contribution in [3.05, 3.63) is 29.5 Å². The van der Waals surface area contributed by atoms with E-state index in [1.807, 2.05) is 6.07 Å². The first-order valence-electron chi connectivity index (χ1n) is 6.55. The molecule has 0 unspecified atom stereocenters. The van der Waals surface area contributed by atoms with Gasteiger partial charge >= 0.3 is 6.18 Å². The first kappa shape index (κ1) is 16.5. The zero-order valence-corrected chi connectivity index (χ0v) is 12.0. The van der Waals surface area contributed by atoms with E-state index < -0.39 is 17.5 Å². The molecule has 0 saturated heterocycles. The third-order valence-electron chi connectivity index (χ3n) is 2.96. The Morgan fingerprint density at radius 1 is 1.30 bits per heavy atom. The maximum absolute atomic E-state index is 12.6. The molecule has 0 atom stereocenters. The average molecular weight is 323 g/mol. The standard InChI is InChI=1S/C14H12F3N5O/c1-8-12(21-22-13(20-8)19-6-2-5-18)10-4-3-9(7-11(10)23)14(15,16)17/h3-4,7,23H,2,6H2,1H3,(H,19,20,22). The molecule has 0 amide bonds. The number of alkyl halides is 3. The van der Waals surface area contributed by atoms with Crippen LogP contribution in [0.15, 0.2) is 18.2 Å². The zero-order chi connectivity index (χ0) is 17.0. The highest BCUT2D eigenvalue weighted by Crippen LogP contribution is 2.36. The molecule has 9 heteroatoms. The number of aromatic nitrogens is 3. The van der Waals surface area contributed by atoms with Crippen LogP contribution in [0.3, 0.4) is 0 Å². The van der Waals surface area contributed by atoms with Gasteiger partial charge in [-0.05, 0) is 25.1 Å². The average Bonchev–Trinajstić information content (AvgIpc) is 2.47. The molecule has 0 aliphatic carbocycles. The molecule has 0 bridgehead atoms. The third kappa shape index (κ3) is 3.85. The summed E-state index contributed by atoms with van der Waals surface area (Å²) in [4.78, 5) is 4.11. The van der Waals surface area contributed by atoms with Gasteiger partial charge < -0.3 is 10.4 Å². The summed E-state index contributed by atoms with van der Waals surface area (Å²) in [6.07, 6.45) is -4.27. The number of nitrogens with one attached hydrogen (secondary N) is 1. The second-order valence-electron chi connectivity index (χ2n) is 4.63. The molecule has 120 valence electrons. The molecule has 2 aromatic rings. The summed E-state index contributed by atoms with van der Waals surface area (Å²) in [7, 11) is 0. The topological polar surface area (TPSA) is 94.7 Å². The molecule has 1 aromatic heterocycles. The number of aromatic hydroxyl groups is 1. The second-order valence-corrected chi connectivity index (χ2v) is 4.63.